The van der Waals surface area contributed by atoms with Crippen molar-refractivity contribution in [2.75, 3.05) is 11.9 Å². The van der Waals surface area contributed by atoms with Crippen LogP contribution in [0.2, 0.25) is 0 Å². The topological polar surface area (TPSA) is 38.3 Å². The first-order valence-corrected chi connectivity index (χ1v) is 7.86. The summed E-state index contributed by atoms with van der Waals surface area (Å²) in [6, 6.07) is 13.8. The molecule has 3 nitrogen and oxygen atoms in total. The van der Waals surface area contributed by atoms with E-state index in [9.17, 15) is 4.79 Å². The summed E-state index contributed by atoms with van der Waals surface area (Å²) in [5.41, 5.74) is 4.51. The molecule has 0 heterocycles. The lowest BCUT2D eigenvalue weighted by Gasteiger charge is -2.19. The Balaban J connectivity index is 1.90. The molecule has 122 valence electrons. The first kappa shape index (κ1) is 17.1. The lowest BCUT2D eigenvalue weighted by atomic mass is 9.87. The first-order valence-electron chi connectivity index (χ1n) is 7.86. The van der Waals surface area contributed by atoms with Gasteiger partial charge >= 0.3 is 0 Å². The van der Waals surface area contributed by atoms with E-state index in [0.29, 0.717) is 5.75 Å². The van der Waals surface area contributed by atoms with Crippen LogP contribution in [0.5, 0.6) is 5.75 Å². The molecule has 1 N–H and O–H groups in total. The minimum absolute atomic E-state index is 0.00177. The Morgan fingerprint density at radius 3 is 2.22 bits per heavy atom. The third-order valence-electron chi connectivity index (χ3n) is 3.88. The van der Waals surface area contributed by atoms with Crippen molar-refractivity contribution in [1.82, 2.24) is 0 Å². The van der Waals surface area contributed by atoms with Gasteiger partial charge in [-0.3, -0.25) is 4.79 Å². The van der Waals surface area contributed by atoms with Crippen LogP contribution in [0, 0.1) is 13.8 Å². The van der Waals surface area contributed by atoms with Gasteiger partial charge in [0.1, 0.15) is 5.75 Å². The molecule has 0 aliphatic rings. The molecule has 0 spiro atoms. The van der Waals surface area contributed by atoms with Crippen LogP contribution >= 0.6 is 0 Å². The molecule has 2 aromatic carbocycles. The highest BCUT2D eigenvalue weighted by Crippen LogP contribution is 2.24. The summed E-state index contributed by atoms with van der Waals surface area (Å²) in [5.74, 6) is 0.543. The number of hydrogen-bond acceptors (Lipinski definition) is 2. The molecular weight excluding hydrogens is 286 g/mol. The maximum atomic E-state index is 12.0. The average Bonchev–Trinajstić information content (AvgIpc) is 2.48. The van der Waals surface area contributed by atoms with Gasteiger partial charge in [-0.1, -0.05) is 39.0 Å². The zero-order valence-corrected chi connectivity index (χ0v) is 14.6. The maximum Gasteiger partial charge on any atom is 0.262 e. The molecule has 0 saturated carbocycles. The molecule has 3 heteroatoms. The van der Waals surface area contributed by atoms with Crippen LogP contribution < -0.4 is 10.1 Å². The highest BCUT2D eigenvalue weighted by Gasteiger charge is 2.13. The van der Waals surface area contributed by atoms with Crippen LogP contribution in [-0.2, 0) is 10.2 Å². The highest BCUT2D eigenvalue weighted by molar-refractivity contribution is 5.92. The van der Waals surface area contributed by atoms with E-state index in [0.717, 1.165) is 11.3 Å². The number of hydrogen-bond donors (Lipinski definition) is 1. The van der Waals surface area contributed by atoms with Crippen LogP contribution in [0.15, 0.2) is 42.5 Å². The van der Waals surface area contributed by atoms with Crippen LogP contribution in [0.3, 0.4) is 0 Å². The summed E-state index contributed by atoms with van der Waals surface area (Å²) in [6.07, 6.45) is 0. The minimum Gasteiger partial charge on any atom is -0.484 e. The quantitative estimate of drug-likeness (QED) is 0.895. The molecule has 0 atom stereocenters. The van der Waals surface area contributed by atoms with Crippen molar-refractivity contribution in [2.24, 2.45) is 0 Å². The van der Waals surface area contributed by atoms with Crippen LogP contribution in [-0.4, -0.2) is 12.5 Å². The van der Waals surface area contributed by atoms with Gasteiger partial charge < -0.3 is 10.1 Å². The fraction of sp³-hybridized carbons (Fsp3) is 0.350. The van der Waals surface area contributed by atoms with Gasteiger partial charge in [-0.25, -0.2) is 0 Å². The normalized spacial score (nSPS) is 11.2. The third kappa shape index (κ3) is 4.85. The fourth-order valence-corrected chi connectivity index (χ4v) is 2.22. The molecule has 0 saturated heterocycles. The Labute approximate surface area is 138 Å². The summed E-state index contributed by atoms with van der Waals surface area (Å²) < 4.78 is 5.55. The van der Waals surface area contributed by atoms with Gasteiger partial charge in [-0.2, -0.15) is 0 Å². The molecular formula is C20H25NO2. The number of ether oxygens (including phenoxy) is 1. The second kappa shape index (κ2) is 6.86. The molecule has 0 unspecified atom stereocenters. The molecule has 0 aromatic heterocycles. The number of rotatable bonds is 4. The molecule has 0 aliphatic carbocycles. The Kier molecular flexibility index (Phi) is 5.09. The SMILES string of the molecule is Cc1ccc(NC(=O)COc2ccc(C(C)(C)C)cc2)cc1C. The lowest BCUT2D eigenvalue weighted by Crippen LogP contribution is -2.20. The number of amides is 1. The lowest BCUT2D eigenvalue weighted by molar-refractivity contribution is -0.118. The van der Waals surface area contributed by atoms with Gasteiger partial charge in [0.25, 0.3) is 5.91 Å². The number of benzene rings is 2. The molecule has 0 bridgehead atoms. The summed E-state index contributed by atoms with van der Waals surface area (Å²) in [7, 11) is 0. The van der Waals surface area contributed by atoms with E-state index >= 15 is 0 Å². The standard InChI is InChI=1S/C20H25NO2/c1-14-6-9-17(12-15(14)2)21-19(22)13-23-18-10-7-16(8-11-18)20(3,4)5/h6-12H,13H2,1-5H3,(H,21,22). The van der Waals surface area contributed by atoms with Gasteiger partial charge in [0.2, 0.25) is 0 Å². The average molecular weight is 311 g/mol. The molecule has 0 radical (unpaired) electrons. The number of carbonyl (C=O) groups excluding carboxylic acids is 1. The molecule has 1 amide bonds. The zero-order valence-electron chi connectivity index (χ0n) is 14.6. The number of anilines is 1. The van der Waals surface area contributed by atoms with Gasteiger partial charge in [-0.15, -0.1) is 0 Å². The van der Waals surface area contributed by atoms with Gasteiger partial charge in [0.15, 0.2) is 6.61 Å². The van der Waals surface area contributed by atoms with Crippen molar-refractivity contribution in [1.29, 1.82) is 0 Å². The highest BCUT2D eigenvalue weighted by atomic mass is 16.5. The van der Waals surface area contributed by atoms with E-state index in [2.05, 4.69) is 26.1 Å². The molecule has 2 aromatic rings. The first-order chi connectivity index (χ1) is 10.8. The van der Waals surface area contributed by atoms with Crippen LogP contribution in [0.25, 0.3) is 0 Å². The molecule has 0 fully saturated rings. The number of aryl methyl sites for hydroxylation is 2. The van der Waals surface area contributed by atoms with E-state index < -0.39 is 0 Å². The minimum atomic E-state index is -0.159. The maximum absolute atomic E-state index is 12.0. The molecule has 23 heavy (non-hydrogen) atoms. The second-order valence-corrected chi connectivity index (χ2v) is 6.91. The second-order valence-electron chi connectivity index (χ2n) is 6.91. The van der Waals surface area contributed by atoms with E-state index in [-0.39, 0.29) is 17.9 Å². The van der Waals surface area contributed by atoms with E-state index in [4.69, 9.17) is 4.74 Å². The van der Waals surface area contributed by atoms with Crippen molar-refractivity contribution < 1.29 is 9.53 Å². The van der Waals surface area contributed by atoms with E-state index in [1.165, 1.54) is 11.1 Å². The summed E-state index contributed by atoms with van der Waals surface area (Å²) in [5, 5.41) is 2.85. The summed E-state index contributed by atoms with van der Waals surface area (Å²) in [4.78, 5) is 12.0. The predicted molar refractivity (Wildman–Crippen MR) is 95.2 cm³/mol. The Hall–Kier alpha value is -2.29. The number of carbonyl (C=O) groups is 1. The van der Waals surface area contributed by atoms with Crippen molar-refractivity contribution in [3.05, 3.63) is 59.2 Å². The van der Waals surface area contributed by atoms with Crippen molar-refractivity contribution in [2.45, 2.75) is 40.0 Å². The van der Waals surface area contributed by atoms with Gasteiger partial charge in [0.05, 0.1) is 0 Å². The summed E-state index contributed by atoms with van der Waals surface area (Å²) >= 11 is 0. The predicted octanol–water partition coefficient (Wildman–Crippen LogP) is 4.62. The van der Waals surface area contributed by atoms with Crippen molar-refractivity contribution in [3.63, 3.8) is 0 Å². The fourth-order valence-electron chi connectivity index (χ4n) is 2.22. The van der Waals surface area contributed by atoms with Crippen LogP contribution in [0.4, 0.5) is 5.69 Å². The molecule has 0 aliphatic heterocycles. The van der Waals surface area contributed by atoms with Crippen molar-refractivity contribution >= 4 is 11.6 Å². The van der Waals surface area contributed by atoms with Gasteiger partial charge in [-0.05, 0) is 60.2 Å². The number of nitrogens with one attached hydrogen (secondary N) is 1. The van der Waals surface area contributed by atoms with Crippen molar-refractivity contribution in [3.8, 4) is 5.75 Å². The third-order valence-corrected chi connectivity index (χ3v) is 3.88. The zero-order chi connectivity index (χ0) is 17.0. The van der Waals surface area contributed by atoms with Crippen LogP contribution in [0.1, 0.15) is 37.5 Å². The smallest absolute Gasteiger partial charge is 0.262 e. The Morgan fingerprint density at radius 2 is 1.65 bits per heavy atom. The Bertz CT molecular complexity index is 682. The monoisotopic (exact) mass is 311 g/mol. The van der Waals surface area contributed by atoms with E-state index in [1.807, 2.05) is 56.3 Å². The van der Waals surface area contributed by atoms with Gasteiger partial charge in [0, 0.05) is 5.69 Å². The van der Waals surface area contributed by atoms with E-state index in [1.54, 1.807) is 0 Å². The molecule has 2 rings (SSSR count). The summed E-state index contributed by atoms with van der Waals surface area (Å²) in [6.45, 7) is 10.6. The Morgan fingerprint density at radius 1 is 1.00 bits per heavy atom. The largest absolute Gasteiger partial charge is 0.484 e.